The Morgan fingerprint density at radius 1 is 1.28 bits per heavy atom. The average Bonchev–Trinajstić information content (AvgIpc) is 2.62. The highest BCUT2D eigenvalue weighted by Crippen LogP contribution is 2.20. The van der Waals surface area contributed by atoms with Crippen LogP contribution in [0.1, 0.15) is 11.1 Å². The van der Waals surface area contributed by atoms with E-state index < -0.39 is 5.91 Å². The zero-order valence-corrected chi connectivity index (χ0v) is 14.7. The van der Waals surface area contributed by atoms with Gasteiger partial charge in [0.2, 0.25) is 0 Å². The molecule has 0 aliphatic rings. The van der Waals surface area contributed by atoms with Gasteiger partial charge in [-0.2, -0.15) is 5.26 Å². The van der Waals surface area contributed by atoms with E-state index in [2.05, 4.69) is 10.6 Å². The molecule has 128 valence electrons. The first-order chi connectivity index (χ1) is 12.0. The third-order valence-corrected chi connectivity index (χ3v) is 3.76. The van der Waals surface area contributed by atoms with Gasteiger partial charge in [-0.25, -0.2) is 0 Å². The van der Waals surface area contributed by atoms with Gasteiger partial charge >= 0.3 is 0 Å². The lowest BCUT2D eigenvalue weighted by atomic mass is 10.2. The van der Waals surface area contributed by atoms with Crippen molar-refractivity contribution in [3.05, 3.63) is 70.4 Å². The number of methoxy groups -OCH3 is 1. The van der Waals surface area contributed by atoms with Crippen LogP contribution in [0.4, 0.5) is 5.69 Å². The van der Waals surface area contributed by atoms with Crippen molar-refractivity contribution in [1.82, 2.24) is 5.32 Å². The number of aryl methyl sites for hydroxylation is 1. The van der Waals surface area contributed by atoms with E-state index in [0.717, 1.165) is 16.9 Å². The maximum Gasteiger partial charge on any atom is 0.267 e. The van der Waals surface area contributed by atoms with Crippen LogP contribution in [0.3, 0.4) is 0 Å². The molecular formula is C19H18ClN3O2. The van der Waals surface area contributed by atoms with Gasteiger partial charge in [0.1, 0.15) is 17.4 Å². The molecule has 1 amide bonds. The number of carbonyl (C=O) groups is 1. The minimum atomic E-state index is -0.491. The molecule has 6 heteroatoms. The summed E-state index contributed by atoms with van der Waals surface area (Å²) >= 11 is 5.93. The van der Waals surface area contributed by atoms with E-state index >= 15 is 0 Å². The molecule has 0 aliphatic carbocycles. The lowest BCUT2D eigenvalue weighted by Crippen LogP contribution is -2.17. The summed E-state index contributed by atoms with van der Waals surface area (Å²) in [4.78, 5) is 12.2. The second kappa shape index (κ2) is 8.76. The Bertz CT molecular complexity index is 824. The van der Waals surface area contributed by atoms with Crippen LogP contribution in [0.25, 0.3) is 0 Å². The monoisotopic (exact) mass is 355 g/mol. The first kappa shape index (κ1) is 18.4. The molecule has 0 unspecified atom stereocenters. The summed E-state index contributed by atoms with van der Waals surface area (Å²) in [5.41, 5.74) is 2.42. The summed E-state index contributed by atoms with van der Waals surface area (Å²) in [6.45, 7) is 2.34. The molecule has 2 aromatic rings. The molecule has 0 fully saturated rings. The fraction of sp³-hybridized carbons (Fsp3) is 0.158. The van der Waals surface area contributed by atoms with Crippen LogP contribution < -0.4 is 15.4 Å². The van der Waals surface area contributed by atoms with Crippen LogP contribution in [-0.2, 0) is 11.3 Å². The number of carbonyl (C=O) groups excluding carboxylic acids is 1. The molecule has 5 nitrogen and oxygen atoms in total. The van der Waals surface area contributed by atoms with E-state index in [-0.39, 0.29) is 5.57 Å². The summed E-state index contributed by atoms with van der Waals surface area (Å²) < 4.78 is 5.10. The summed E-state index contributed by atoms with van der Waals surface area (Å²) in [6.07, 6.45) is 1.40. The predicted octanol–water partition coefficient (Wildman–Crippen LogP) is 3.79. The van der Waals surface area contributed by atoms with Gasteiger partial charge in [0.25, 0.3) is 5.91 Å². The number of ether oxygens (including phenoxy) is 1. The zero-order chi connectivity index (χ0) is 18.2. The molecule has 2 rings (SSSR count). The number of benzene rings is 2. The van der Waals surface area contributed by atoms with Gasteiger partial charge in [-0.3, -0.25) is 4.79 Å². The number of anilines is 1. The van der Waals surface area contributed by atoms with Crippen molar-refractivity contribution >= 4 is 23.2 Å². The second-order valence-electron chi connectivity index (χ2n) is 5.31. The highest BCUT2D eigenvalue weighted by atomic mass is 35.5. The molecule has 0 atom stereocenters. The zero-order valence-electron chi connectivity index (χ0n) is 14.0. The second-order valence-corrected chi connectivity index (χ2v) is 5.75. The molecule has 0 spiro atoms. The van der Waals surface area contributed by atoms with Crippen LogP contribution in [0.2, 0.25) is 5.02 Å². The Balaban J connectivity index is 2.00. The van der Waals surface area contributed by atoms with Crippen molar-refractivity contribution < 1.29 is 9.53 Å². The van der Waals surface area contributed by atoms with Gasteiger partial charge < -0.3 is 15.4 Å². The molecule has 0 saturated carbocycles. The van der Waals surface area contributed by atoms with Crippen molar-refractivity contribution in [1.29, 1.82) is 5.26 Å². The van der Waals surface area contributed by atoms with E-state index in [9.17, 15) is 10.1 Å². The normalized spacial score (nSPS) is 10.7. The number of nitrogens with zero attached hydrogens (tertiary/aromatic N) is 1. The van der Waals surface area contributed by atoms with Crippen molar-refractivity contribution in [2.24, 2.45) is 0 Å². The molecule has 0 radical (unpaired) electrons. The van der Waals surface area contributed by atoms with Crippen molar-refractivity contribution in [2.75, 3.05) is 12.4 Å². The Hall–Kier alpha value is -2.97. The number of hydrogen-bond acceptors (Lipinski definition) is 4. The standard InChI is InChI=1S/C19H18ClN3O2/c1-13-3-6-16(20)9-18(13)23-19(24)15(10-21)12-22-11-14-4-7-17(25-2)8-5-14/h3-9,12,22H,11H2,1-2H3,(H,23,24)/b15-12-. The van der Waals surface area contributed by atoms with E-state index in [0.29, 0.717) is 17.3 Å². The summed E-state index contributed by atoms with van der Waals surface area (Å²) in [5, 5.41) is 15.4. The van der Waals surface area contributed by atoms with Crippen molar-refractivity contribution in [3.63, 3.8) is 0 Å². The Kier molecular flexibility index (Phi) is 6.44. The van der Waals surface area contributed by atoms with Crippen molar-refractivity contribution in [3.8, 4) is 11.8 Å². The molecule has 0 saturated heterocycles. The van der Waals surface area contributed by atoms with Gasteiger partial charge in [-0.1, -0.05) is 29.8 Å². The van der Waals surface area contributed by atoms with Crippen LogP contribution in [-0.4, -0.2) is 13.0 Å². The Morgan fingerprint density at radius 3 is 2.64 bits per heavy atom. The molecule has 25 heavy (non-hydrogen) atoms. The lowest BCUT2D eigenvalue weighted by molar-refractivity contribution is -0.112. The largest absolute Gasteiger partial charge is 0.497 e. The maximum atomic E-state index is 12.2. The first-order valence-electron chi connectivity index (χ1n) is 7.57. The maximum absolute atomic E-state index is 12.2. The fourth-order valence-electron chi connectivity index (χ4n) is 2.08. The Morgan fingerprint density at radius 2 is 2.00 bits per heavy atom. The average molecular weight is 356 g/mol. The number of halogens is 1. The number of nitriles is 1. The fourth-order valence-corrected chi connectivity index (χ4v) is 2.25. The van der Waals surface area contributed by atoms with Gasteiger partial charge in [0, 0.05) is 23.5 Å². The third kappa shape index (κ3) is 5.27. The van der Waals surface area contributed by atoms with E-state index in [4.69, 9.17) is 16.3 Å². The van der Waals surface area contributed by atoms with Crippen LogP contribution in [0.5, 0.6) is 5.75 Å². The highest BCUT2D eigenvalue weighted by molar-refractivity contribution is 6.31. The quantitative estimate of drug-likeness (QED) is 0.610. The van der Waals surface area contributed by atoms with Gasteiger partial charge in [0.05, 0.1) is 7.11 Å². The summed E-state index contributed by atoms with van der Waals surface area (Å²) in [5.74, 6) is 0.281. The van der Waals surface area contributed by atoms with Crippen LogP contribution in [0.15, 0.2) is 54.2 Å². The lowest BCUT2D eigenvalue weighted by Gasteiger charge is -2.08. The van der Waals surface area contributed by atoms with Gasteiger partial charge in [-0.15, -0.1) is 0 Å². The SMILES string of the molecule is COc1ccc(CN/C=C(/C#N)C(=O)Nc2cc(Cl)ccc2C)cc1. The number of rotatable bonds is 6. The summed E-state index contributed by atoms with van der Waals surface area (Å²) in [7, 11) is 1.61. The smallest absolute Gasteiger partial charge is 0.267 e. The number of hydrogen-bond donors (Lipinski definition) is 2. The number of nitrogens with one attached hydrogen (secondary N) is 2. The van der Waals surface area contributed by atoms with Gasteiger partial charge in [0.15, 0.2) is 0 Å². The van der Waals surface area contributed by atoms with E-state index in [1.54, 1.807) is 25.3 Å². The summed E-state index contributed by atoms with van der Waals surface area (Å²) in [6, 6.07) is 14.6. The van der Waals surface area contributed by atoms with Crippen LogP contribution >= 0.6 is 11.6 Å². The molecule has 2 aromatic carbocycles. The minimum absolute atomic E-state index is 0.0205. The predicted molar refractivity (Wildman–Crippen MR) is 98.3 cm³/mol. The molecule has 0 aromatic heterocycles. The molecule has 0 heterocycles. The van der Waals surface area contributed by atoms with Crippen LogP contribution in [0, 0.1) is 18.3 Å². The third-order valence-electron chi connectivity index (χ3n) is 3.52. The first-order valence-corrected chi connectivity index (χ1v) is 7.95. The van der Waals surface area contributed by atoms with E-state index in [1.165, 1.54) is 6.20 Å². The molecule has 0 bridgehead atoms. The highest BCUT2D eigenvalue weighted by Gasteiger charge is 2.11. The minimum Gasteiger partial charge on any atom is -0.497 e. The number of amides is 1. The van der Waals surface area contributed by atoms with Gasteiger partial charge in [-0.05, 0) is 42.3 Å². The van der Waals surface area contributed by atoms with E-state index in [1.807, 2.05) is 37.3 Å². The Labute approximate surface area is 151 Å². The molecular weight excluding hydrogens is 338 g/mol. The molecule has 0 aliphatic heterocycles. The topological polar surface area (TPSA) is 74.1 Å². The molecule has 2 N–H and O–H groups in total. The van der Waals surface area contributed by atoms with Crippen molar-refractivity contribution in [2.45, 2.75) is 13.5 Å².